The Morgan fingerprint density at radius 1 is 1.21 bits per heavy atom. The third-order valence-corrected chi connectivity index (χ3v) is 6.31. The van der Waals surface area contributed by atoms with Gasteiger partial charge in [-0.25, -0.2) is 4.98 Å². The number of hydrogen-bond donors (Lipinski definition) is 1. The highest BCUT2D eigenvalue weighted by Crippen LogP contribution is 2.31. The van der Waals surface area contributed by atoms with Crippen LogP contribution < -0.4 is 4.74 Å². The molecule has 0 amide bonds. The molecular weight excluding hydrogens is 338 g/mol. The molecule has 4 rings (SSSR count). The molecule has 6 heteroatoms. The summed E-state index contributed by atoms with van der Waals surface area (Å²) in [6.45, 7) is 0.860. The summed E-state index contributed by atoms with van der Waals surface area (Å²) >= 11 is 3.62. The highest BCUT2D eigenvalue weighted by molar-refractivity contribution is 8.16. The maximum Gasteiger partial charge on any atom is 0.166 e. The molecular formula is C18H17N3OS2. The van der Waals surface area contributed by atoms with E-state index in [1.807, 2.05) is 42.1 Å². The minimum absolute atomic E-state index is 0.486. The smallest absolute Gasteiger partial charge is 0.166 e. The monoisotopic (exact) mass is 355 g/mol. The number of aromatic amines is 1. The Morgan fingerprint density at radius 3 is 2.83 bits per heavy atom. The molecule has 0 bridgehead atoms. The fraction of sp³-hybridized carbons (Fsp3) is 0.222. The molecule has 1 aliphatic heterocycles. The molecule has 0 saturated heterocycles. The van der Waals surface area contributed by atoms with Gasteiger partial charge in [-0.05, 0) is 36.4 Å². The number of aliphatic imine (C=N–C) groups is 1. The zero-order valence-corrected chi connectivity index (χ0v) is 14.9. The Morgan fingerprint density at radius 2 is 2.04 bits per heavy atom. The fourth-order valence-electron chi connectivity index (χ4n) is 2.57. The molecule has 1 aromatic heterocycles. The fourth-order valence-corrected chi connectivity index (χ4v) is 4.72. The maximum atomic E-state index is 5.21. The molecule has 0 saturated carbocycles. The van der Waals surface area contributed by atoms with E-state index in [9.17, 15) is 0 Å². The van der Waals surface area contributed by atoms with Gasteiger partial charge in [0.15, 0.2) is 5.16 Å². The zero-order chi connectivity index (χ0) is 16.4. The summed E-state index contributed by atoms with van der Waals surface area (Å²) in [4.78, 5) is 12.7. The van der Waals surface area contributed by atoms with E-state index in [2.05, 4.69) is 28.2 Å². The van der Waals surface area contributed by atoms with Crippen LogP contribution in [0.4, 0.5) is 0 Å². The van der Waals surface area contributed by atoms with Crippen molar-refractivity contribution in [3.05, 3.63) is 54.1 Å². The number of methoxy groups -OCH3 is 1. The Labute approximate surface area is 149 Å². The van der Waals surface area contributed by atoms with Crippen molar-refractivity contribution in [2.45, 2.75) is 10.4 Å². The number of aromatic nitrogens is 2. The van der Waals surface area contributed by atoms with Crippen LogP contribution in [0.5, 0.6) is 5.75 Å². The first-order valence-electron chi connectivity index (χ1n) is 7.75. The van der Waals surface area contributed by atoms with Gasteiger partial charge in [0.1, 0.15) is 5.75 Å². The minimum Gasteiger partial charge on any atom is -0.497 e. The summed E-state index contributed by atoms with van der Waals surface area (Å²) in [5, 5.41) is 2.59. The van der Waals surface area contributed by atoms with E-state index in [1.165, 1.54) is 0 Å². The number of rotatable bonds is 5. The summed E-state index contributed by atoms with van der Waals surface area (Å²) in [5.41, 5.74) is 3.28. The first kappa shape index (κ1) is 15.6. The van der Waals surface area contributed by atoms with Crippen molar-refractivity contribution in [1.82, 2.24) is 9.97 Å². The van der Waals surface area contributed by atoms with Crippen LogP contribution in [-0.4, -0.2) is 39.7 Å². The van der Waals surface area contributed by atoms with E-state index in [0.29, 0.717) is 5.25 Å². The van der Waals surface area contributed by atoms with Crippen LogP contribution in [0, 0.1) is 0 Å². The van der Waals surface area contributed by atoms with Gasteiger partial charge in [0.25, 0.3) is 0 Å². The van der Waals surface area contributed by atoms with Crippen molar-refractivity contribution >= 4 is 39.6 Å². The summed E-state index contributed by atoms with van der Waals surface area (Å²) in [6.07, 6.45) is 0. The summed E-state index contributed by atoms with van der Waals surface area (Å²) in [5.74, 6) is 1.87. The number of nitrogens with one attached hydrogen (secondary N) is 1. The molecule has 0 fully saturated rings. The number of fused-ring (bicyclic) bond motifs is 1. The Balaban J connectivity index is 1.35. The lowest BCUT2D eigenvalue weighted by atomic mass is 10.2. The van der Waals surface area contributed by atoms with Gasteiger partial charge in [0.05, 0.1) is 29.7 Å². The molecule has 3 aromatic rings. The molecule has 1 unspecified atom stereocenters. The first-order chi connectivity index (χ1) is 11.8. The lowest BCUT2D eigenvalue weighted by Crippen LogP contribution is -2.06. The topological polar surface area (TPSA) is 50.3 Å². The van der Waals surface area contributed by atoms with Gasteiger partial charge in [-0.1, -0.05) is 23.9 Å². The van der Waals surface area contributed by atoms with E-state index in [1.54, 1.807) is 18.9 Å². The number of imidazole rings is 1. The van der Waals surface area contributed by atoms with Crippen LogP contribution in [0.1, 0.15) is 5.56 Å². The molecule has 0 radical (unpaired) electrons. The number of H-pyrrole nitrogens is 1. The Hall–Kier alpha value is -1.92. The van der Waals surface area contributed by atoms with E-state index in [4.69, 9.17) is 9.73 Å². The highest BCUT2D eigenvalue weighted by Gasteiger charge is 2.21. The number of para-hydroxylation sites is 2. The van der Waals surface area contributed by atoms with Crippen molar-refractivity contribution in [1.29, 1.82) is 0 Å². The van der Waals surface area contributed by atoms with Crippen LogP contribution in [0.25, 0.3) is 11.0 Å². The van der Waals surface area contributed by atoms with Crippen molar-refractivity contribution in [3.63, 3.8) is 0 Å². The molecule has 1 aliphatic rings. The van der Waals surface area contributed by atoms with Crippen LogP contribution in [0.3, 0.4) is 0 Å². The Bertz CT molecular complexity index is 840. The van der Waals surface area contributed by atoms with Gasteiger partial charge in [-0.3, -0.25) is 4.99 Å². The zero-order valence-electron chi connectivity index (χ0n) is 13.2. The summed E-state index contributed by atoms with van der Waals surface area (Å²) in [6, 6.07) is 16.2. The van der Waals surface area contributed by atoms with Crippen LogP contribution in [0.15, 0.2) is 58.7 Å². The van der Waals surface area contributed by atoms with Crippen molar-refractivity contribution in [2.24, 2.45) is 4.99 Å². The molecule has 4 nitrogen and oxygen atoms in total. The predicted octanol–water partition coefficient (Wildman–Crippen LogP) is 4.23. The predicted molar refractivity (Wildman–Crippen MR) is 103 cm³/mol. The molecule has 1 atom stereocenters. The van der Waals surface area contributed by atoms with E-state index < -0.39 is 0 Å². The average molecular weight is 355 g/mol. The SMILES string of the molecule is COc1ccc(C2=NCC(CSc3nc4ccccc4[nH]3)S2)cc1. The summed E-state index contributed by atoms with van der Waals surface area (Å²) < 4.78 is 5.21. The summed E-state index contributed by atoms with van der Waals surface area (Å²) in [7, 11) is 1.68. The van der Waals surface area contributed by atoms with Crippen molar-refractivity contribution in [2.75, 3.05) is 19.4 Å². The third kappa shape index (κ3) is 3.30. The normalized spacial score (nSPS) is 17.2. The molecule has 0 aliphatic carbocycles. The van der Waals surface area contributed by atoms with Gasteiger partial charge in [0.2, 0.25) is 0 Å². The third-order valence-electron chi connectivity index (χ3n) is 3.83. The van der Waals surface area contributed by atoms with Crippen LogP contribution in [-0.2, 0) is 0 Å². The lowest BCUT2D eigenvalue weighted by Gasteiger charge is -2.07. The molecule has 24 heavy (non-hydrogen) atoms. The Kier molecular flexibility index (Phi) is 4.49. The van der Waals surface area contributed by atoms with Crippen LogP contribution in [0.2, 0.25) is 0 Å². The molecule has 0 spiro atoms. The van der Waals surface area contributed by atoms with Gasteiger partial charge in [-0.2, -0.15) is 0 Å². The van der Waals surface area contributed by atoms with Gasteiger partial charge in [0, 0.05) is 16.6 Å². The number of nitrogens with zero attached hydrogens (tertiary/aromatic N) is 2. The van der Waals surface area contributed by atoms with Gasteiger partial charge >= 0.3 is 0 Å². The van der Waals surface area contributed by atoms with E-state index >= 15 is 0 Å². The number of thioether (sulfide) groups is 2. The second-order valence-electron chi connectivity index (χ2n) is 5.48. The van der Waals surface area contributed by atoms with E-state index in [0.717, 1.165) is 44.8 Å². The minimum atomic E-state index is 0.486. The van der Waals surface area contributed by atoms with Crippen molar-refractivity contribution in [3.8, 4) is 5.75 Å². The molecule has 122 valence electrons. The number of ether oxygens (including phenoxy) is 1. The quantitative estimate of drug-likeness (QED) is 0.696. The van der Waals surface area contributed by atoms with Crippen molar-refractivity contribution < 1.29 is 4.74 Å². The second-order valence-corrected chi connectivity index (χ2v) is 7.78. The standard InChI is InChI=1S/C18H17N3OS2/c1-22-13-8-6-12(7-9-13)17-19-10-14(24-17)11-23-18-20-15-4-2-3-5-16(15)21-18/h2-9,14H,10-11H2,1H3,(H,20,21). The molecule has 2 aromatic carbocycles. The maximum absolute atomic E-state index is 5.21. The van der Waals surface area contributed by atoms with E-state index in [-0.39, 0.29) is 0 Å². The highest BCUT2D eigenvalue weighted by atomic mass is 32.2. The van der Waals surface area contributed by atoms with Gasteiger partial charge in [-0.15, -0.1) is 11.8 Å². The molecule has 1 N–H and O–H groups in total. The van der Waals surface area contributed by atoms with Crippen LogP contribution >= 0.6 is 23.5 Å². The number of hydrogen-bond acceptors (Lipinski definition) is 5. The van der Waals surface area contributed by atoms with Gasteiger partial charge < -0.3 is 9.72 Å². The largest absolute Gasteiger partial charge is 0.497 e. The molecule has 2 heterocycles. The first-order valence-corrected chi connectivity index (χ1v) is 9.61. The number of benzene rings is 2. The average Bonchev–Trinajstić information content (AvgIpc) is 3.26. The second kappa shape index (κ2) is 6.91. The lowest BCUT2D eigenvalue weighted by molar-refractivity contribution is 0.415.